The van der Waals surface area contributed by atoms with E-state index in [2.05, 4.69) is 20.5 Å². The van der Waals surface area contributed by atoms with Gasteiger partial charge in [0.15, 0.2) is 0 Å². The standard InChI is InChI=1S/C25H17ClN4O/c26-19-12-13-22-21(14-19)23(17-7-2-1-3-8-17)29-25(28-22)30-27-15-18-11-10-16-6-4-5-9-20(16)24(18)31/h1-15,31H,(H,28,29,30)/b27-15+. The first-order valence-electron chi connectivity index (χ1n) is 9.71. The normalized spacial score (nSPS) is 11.4. The third-order valence-corrected chi connectivity index (χ3v) is 5.24. The molecule has 0 aliphatic heterocycles. The SMILES string of the molecule is Oc1c(/C=N/Nc2nc(-c3ccccc3)c3cc(Cl)ccc3n2)ccc2ccccc12. The van der Waals surface area contributed by atoms with Crippen LogP contribution in [-0.2, 0) is 0 Å². The number of nitrogens with one attached hydrogen (secondary N) is 1. The lowest BCUT2D eigenvalue weighted by molar-refractivity contribution is 0.481. The van der Waals surface area contributed by atoms with Crippen LogP contribution in [0.15, 0.2) is 90.0 Å². The molecule has 5 aromatic rings. The van der Waals surface area contributed by atoms with Crippen LogP contribution in [0, 0.1) is 0 Å². The van der Waals surface area contributed by atoms with Crippen molar-refractivity contribution >= 4 is 45.4 Å². The molecule has 1 aromatic heterocycles. The number of benzene rings is 4. The molecule has 0 aliphatic rings. The molecular formula is C25H17ClN4O. The zero-order valence-electron chi connectivity index (χ0n) is 16.3. The van der Waals surface area contributed by atoms with Gasteiger partial charge in [-0.3, -0.25) is 0 Å². The van der Waals surface area contributed by atoms with Crippen molar-refractivity contribution in [2.45, 2.75) is 0 Å². The molecule has 2 N–H and O–H groups in total. The van der Waals surface area contributed by atoms with Gasteiger partial charge in [0.2, 0.25) is 5.95 Å². The third kappa shape index (κ3) is 3.79. The number of aromatic nitrogens is 2. The fraction of sp³-hybridized carbons (Fsp3) is 0. The second-order valence-electron chi connectivity index (χ2n) is 7.02. The van der Waals surface area contributed by atoms with E-state index in [1.165, 1.54) is 0 Å². The Morgan fingerprint density at radius 1 is 0.839 bits per heavy atom. The molecular weight excluding hydrogens is 408 g/mol. The first-order valence-corrected chi connectivity index (χ1v) is 10.1. The van der Waals surface area contributed by atoms with Crippen LogP contribution in [-0.4, -0.2) is 21.3 Å². The zero-order valence-corrected chi connectivity index (χ0v) is 17.1. The van der Waals surface area contributed by atoms with E-state index < -0.39 is 0 Å². The molecule has 0 unspecified atom stereocenters. The van der Waals surface area contributed by atoms with Gasteiger partial charge in [-0.25, -0.2) is 15.4 Å². The number of hydrogen-bond acceptors (Lipinski definition) is 5. The van der Waals surface area contributed by atoms with Gasteiger partial charge in [0, 0.05) is 26.9 Å². The Labute approximate surface area is 183 Å². The molecule has 0 radical (unpaired) electrons. The Morgan fingerprint density at radius 2 is 1.65 bits per heavy atom. The smallest absolute Gasteiger partial charge is 0.244 e. The molecule has 0 aliphatic carbocycles. The van der Waals surface area contributed by atoms with E-state index in [-0.39, 0.29) is 5.75 Å². The van der Waals surface area contributed by atoms with Crippen molar-refractivity contribution in [3.63, 3.8) is 0 Å². The second kappa shape index (κ2) is 8.05. The predicted molar refractivity (Wildman–Crippen MR) is 127 cm³/mol. The number of rotatable bonds is 4. The van der Waals surface area contributed by atoms with Crippen molar-refractivity contribution in [3.05, 3.63) is 95.5 Å². The molecule has 0 saturated heterocycles. The van der Waals surface area contributed by atoms with Crippen LogP contribution >= 0.6 is 11.6 Å². The molecule has 5 rings (SSSR count). The van der Waals surface area contributed by atoms with Gasteiger partial charge in [0.1, 0.15) is 5.75 Å². The Bertz CT molecular complexity index is 1430. The average molecular weight is 425 g/mol. The van der Waals surface area contributed by atoms with Crippen LogP contribution in [0.25, 0.3) is 32.9 Å². The molecule has 5 nitrogen and oxygen atoms in total. The molecule has 0 saturated carbocycles. The average Bonchev–Trinajstić information content (AvgIpc) is 2.81. The molecule has 1 heterocycles. The number of phenolic OH excluding ortho intramolecular Hbond substituents is 1. The number of anilines is 1. The molecule has 0 amide bonds. The highest BCUT2D eigenvalue weighted by atomic mass is 35.5. The van der Waals surface area contributed by atoms with Gasteiger partial charge in [0.25, 0.3) is 0 Å². The van der Waals surface area contributed by atoms with Crippen molar-refractivity contribution in [3.8, 4) is 17.0 Å². The monoisotopic (exact) mass is 424 g/mol. The van der Waals surface area contributed by atoms with Crippen LogP contribution in [0.3, 0.4) is 0 Å². The van der Waals surface area contributed by atoms with Crippen molar-refractivity contribution in [2.24, 2.45) is 5.10 Å². The van der Waals surface area contributed by atoms with Gasteiger partial charge in [-0.2, -0.15) is 5.10 Å². The molecule has 4 aromatic carbocycles. The van der Waals surface area contributed by atoms with E-state index in [4.69, 9.17) is 11.6 Å². The number of aromatic hydroxyl groups is 1. The second-order valence-corrected chi connectivity index (χ2v) is 7.45. The lowest BCUT2D eigenvalue weighted by Crippen LogP contribution is -2.00. The van der Waals surface area contributed by atoms with Crippen molar-refractivity contribution < 1.29 is 5.11 Å². The summed E-state index contributed by atoms with van der Waals surface area (Å²) in [6.07, 6.45) is 1.55. The van der Waals surface area contributed by atoms with Crippen LogP contribution in [0.1, 0.15) is 5.56 Å². The van der Waals surface area contributed by atoms with E-state index in [0.717, 1.165) is 32.9 Å². The summed E-state index contributed by atoms with van der Waals surface area (Å²) in [5.41, 5.74) is 5.96. The van der Waals surface area contributed by atoms with E-state index >= 15 is 0 Å². The minimum absolute atomic E-state index is 0.183. The number of nitrogens with zero attached hydrogens (tertiary/aromatic N) is 3. The summed E-state index contributed by atoms with van der Waals surface area (Å²) < 4.78 is 0. The first kappa shape index (κ1) is 19.0. The Hall–Kier alpha value is -3.96. The van der Waals surface area contributed by atoms with Crippen LogP contribution < -0.4 is 5.43 Å². The van der Waals surface area contributed by atoms with Crippen LogP contribution in [0.2, 0.25) is 5.02 Å². The lowest BCUT2D eigenvalue weighted by Gasteiger charge is -2.09. The largest absolute Gasteiger partial charge is 0.507 e. The summed E-state index contributed by atoms with van der Waals surface area (Å²) in [6.45, 7) is 0. The fourth-order valence-corrected chi connectivity index (χ4v) is 3.67. The quantitative estimate of drug-likeness (QED) is 0.264. The highest BCUT2D eigenvalue weighted by Crippen LogP contribution is 2.30. The summed E-state index contributed by atoms with van der Waals surface area (Å²) in [6, 6.07) is 26.8. The zero-order chi connectivity index (χ0) is 21.2. The van der Waals surface area contributed by atoms with E-state index in [1.807, 2.05) is 78.9 Å². The third-order valence-electron chi connectivity index (χ3n) is 5.00. The fourth-order valence-electron chi connectivity index (χ4n) is 3.50. The topological polar surface area (TPSA) is 70.4 Å². The van der Waals surface area contributed by atoms with Crippen molar-refractivity contribution in [2.75, 3.05) is 5.43 Å². The Kier molecular flexibility index (Phi) is 4.94. The molecule has 0 fully saturated rings. The van der Waals surface area contributed by atoms with E-state index in [0.29, 0.717) is 16.5 Å². The minimum Gasteiger partial charge on any atom is -0.507 e. The lowest BCUT2D eigenvalue weighted by atomic mass is 10.1. The van der Waals surface area contributed by atoms with Crippen LogP contribution in [0.4, 0.5) is 5.95 Å². The maximum atomic E-state index is 10.5. The maximum Gasteiger partial charge on any atom is 0.244 e. The van der Waals surface area contributed by atoms with Gasteiger partial charge in [0.05, 0.1) is 17.4 Å². The van der Waals surface area contributed by atoms with Gasteiger partial charge in [-0.1, -0.05) is 72.3 Å². The van der Waals surface area contributed by atoms with Gasteiger partial charge in [-0.15, -0.1) is 0 Å². The summed E-state index contributed by atoms with van der Waals surface area (Å²) >= 11 is 6.21. The van der Waals surface area contributed by atoms with E-state index in [1.54, 1.807) is 12.3 Å². The number of hydrazone groups is 1. The van der Waals surface area contributed by atoms with Crippen molar-refractivity contribution in [1.82, 2.24) is 9.97 Å². The number of hydrogen-bond donors (Lipinski definition) is 2. The highest BCUT2D eigenvalue weighted by Gasteiger charge is 2.10. The van der Waals surface area contributed by atoms with Crippen LogP contribution in [0.5, 0.6) is 5.75 Å². The molecule has 0 spiro atoms. The summed E-state index contributed by atoms with van der Waals surface area (Å²) in [5.74, 6) is 0.535. The maximum absolute atomic E-state index is 10.5. The number of halogens is 1. The Morgan fingerprint density at radius 3 is 2.52 bits per heavy atom. The minimum atomic E-state index is 0.183. The van der Waals surface area contributed by atoms with Gasteiger partial charge in [-0.05, 0) is 29.7 Å². The predicted octanol–water partition coefficient (Wildman–Crippen LogP) is 6.26. The summed E-state index contributed by atoms with van der Waals surface area (Å²) in [4.78, 5) is 9.21. The van der Waals surface area contributed by atoms with Gasteiger partial charge >= 0.3 is 0 Å². The molecule has 0 bridgehead atoms. The molecule has 31 heavy (non-hydrogen) atoms. The number of fused-ring (bicyclic) bond motifs is 2. The Balaban J connectivity index is 1.51. The molecule has 150 valence electrons. The summed E-state index contributed by atoms with van der Waals surface area (Å²) in [5, 5.41) is 18.0. The van der Waals surface area contributed by atoms with E-state index in [9.17, 15) is 5.11 Å². The molecule has 0 atom stereocenters. The van der Waals surface area contributed by atoms with Gasteiger partial charge < -0.3 is 5.11 Å². The number of phenols is 1. The molecule has 6 heteroatoms. The highest BCUT2D eigenvalue weighted by molar-refractivity contribution is 6.31. The van der Waals surface area contributed by atoms with Crippen molar-refractivity contribution in [1.29, 1.82) is 0 Å². The summed E-state index contributed by atoms with van der Waals surface area (Å²) in [7, 11) is 0. The first-order chi connectivity index (χ1) is 15.2.